The fraction of sp³-hybridized carbons (Fsp3) is 0.643. The second-order valence-corrected chi connectivity index (χ2v) is 5.20. The van der Waals surface area contributed by atoms with Gasteiger partial charge in [-0.15, -0.1) is 0 Å². The van der Waals surface area contributed by atoms with Gasteiger partial charge in [-0.05, 0) is 6.07 Å². The van der Waals surface area contributed by atoms with E-state index >= 15 is 0 Å². The van der Waals surface area contributed by atoms with Gasteiger partial charge in [-0.3, -0.25) is 0 Å². The second kappa shape index (κ2) is 6.71. The summed E-state index contributed by atoms with van der Waals surface area (Å²) in [6, 6.07) is 2.08. The van der Waals surface area contributed by atoms with E-state index in [-0.39, 0.29) is 18.3 Å². The van der Waals surface area contributed by atoms with Gasteiger partial charge in [0.1, 0.15) is 12.2 Å². The van der Waals surface area contributed by atoms with Crippen LogP contribution in [-0.2, 0) is 9.47 Å². The SMILES string of the molecule is O=C(OC1CCOCC1)N1CC[C@@H](Oc2ncccn2)C1. The van der Waals surface area contributed by atoms with Crippen LogP contribution in [0.5, 0.6) is 6.01 Å². The molecule has 1 aromatic rings. The third kappa shape index (κ3) is 3.81. The molecule has 1 aromatic heterocycles. The number of likely N-dealkylation sites (tertiary alicyclic amines) is 1. The lowest BCUT2D eigenvalue weighted by Gasteiger charge is -2.25. The first kappa shape index (κ1) is 14.1. The lowest BCUT2D eigenvalue weighted by Crippen LogP contribution is -2.36. The molecule has 7 heteroatoms. The third-order valence-electron chi connectivity index (χ3n) is 3.65. The number of aromatic nitrogens is 2. The Kier molecular flexibility index (Phi) is 4.49. The van der Waals surface area contributed by atoms with Crippen molar-refractivity contribution in [3.63, 3.8) is 0 Å². The van der Waals surface area contributed by atoms with Crippen molar-refractivity contribution in [2.24, 2.45) is 0 Å². The fourth-order valence-corrected chi connectivity index (χ4v) is 2.50. The summed E-state index contributed by atoms with van der Waals surface area (Å²) < 4.78 is 16.4. The molecule has 0 radical (unpaired) electrons. The number of hydrogen-bond donors (Lipinski definition) is 0. The molecule has 3 rings (SSSR count). The van der Waals surface area contributed by atoms with Crippen LogP contribution in [0, 0.1) is 0 Å². The van der Waals surface area contributed by atoms with Crippen LogP contribution in [0.1, 0.15) is 19.3 Å². The van der Waals surface area contributed by atoms with Gasteiger partial charge in [0.15, 0.2) is 0 Å². The van der Waals surface area contributed by atoms with Gasteiger partial charge in [0, 0.05) is 38.2 Å². The predicted molar refractivity (Wildman–Crippen MR) is 73.0 cm³/mol. The molecule has 2 fully saturated rings. The average Bonchev–Trinajstić information content (AvgIpc) is 2.98. The van der Waals surface area contributed by atoms with E-state index in [1.807, 2.05) is 0 Å². The van der Waals surface area contributed by atoms with E-state index < -0.39 is 0 Å². The van der Waals surface area contributed by atoms with E-state index in [0.717, 1.165) is 19.3 Å². The van der Waals surface area contributed by atoms with Crippen LogP contribution in [0.15, 0.2) is 18.5 Å². The minimum atomic E-state index is -0.262. The number of rotatable bonds is 3. The lowest BCUT2D eigenvalue weighted by atomic mass is 10.2. The zero-order chi connectivity index (χ0) is 14.5. The number of nitrogens with zero attached hydrogens (tertiary/aromatic N) is 3. The van der Waals surface area contributed by atoms with E-state index in [9.17, 15) is 4.79 Å². The summed E-state index contributed by atoms with van der Waals surface area (Å²) in [7, 11) is 0. The number of carbonyl (C=O) groups is 1. The molecule has 21 heavy (non-hydrogen) atoms. The Bertz CT molecular complexity index is 465. The summed E-state index contributed by atoms with van der Waals surface area (Å²) in [5.74, 6) is 0. The maximum atomic E-state index is 12.1. The van der Waals surface area contributed by atoms with Crippen LogP contribution in [-0.4, -0.2) is 59.5 Å². The molecule has 2 aliphatic rings. The van der Waals surface area contributed by atoms with E-state index in [1.54, 1.807) is 23.4 Å². The summed E-state index contributed by atoms with van der Waals surface area (Å²) in [6.45, 7) is 2.48. The first-order chi connectivity index (χ1) is 10.3. The molecule has 114 valence electrons. The minimum Gasteiger partial charge on any atom is -0.458 e. The van der Waals surface area contributed by atoms with Crippen LogP contribution in [0.4, 0.5) is 4.79 Å². The molecule has 0 aliphatic carbocycles. The Morgan fingerprint density at radius 1 is 1.19 bits per heavy atom. The number of carbonyl (C=O) groups excluding carboxylic acids is 1. The summed E-state index contributed by atoms with van der Waals surface area (Å²) in [5.41, 5.74) is 0. The molecular formula is C14H19N3O4. The first-order valence-corrected chi connectivity index (χ1v) is 7.28. The predicted octanol–water partition coefficient (Wildman–Crippen LogP) is 1.25. The highest BCUT2D eigenvalue weighted by Gasteiger charge is 2.30. The van der Waals surface area contributed by atoms with Crippen molar-refractivity contribution in [2.45, 2.75) is 31.5 Å². The summed E-state index contributed by atoms with van der Waals surface area (Å²) in [6.07, 6.45) is 5.22. The van der Waals surface area contributed by atoms with Crippen molar-refractivity contribution in [3.05, 3.63) is 18.5 Å². The van der Waals surface area contributed by atoms with E-state index in [2.05, 4.69) is 9.97 Å². The van der Waals surface area contributed by atoms with E-state index in [1.165, 1.54) is 0 Å². The number of amides is 1. The zero-order valence-corrected chi connectivity index (χ0v) is 11.8. The molecule has 7 nitrogen and oxygen atoms in total. The molecule has 0 saturated carbocycles. The standard InChI is InChI=1S/C14H19N3O4/c18-14(21-11-3-8-19-9-4-11)17-7-2-12(10-17)20-13-15-5-1-6-16-13/h1,5-6,11-12H,2-4,7-10H2/t12-/m1/s1. The van der Waals surface area contributed by atoms with Crippen LogP contribution in [0.3, 0.4) is 0 Å². The summed E-state index contributed by atoms with van der Waals surface area (Å²) in [4.78, 5) is 21.8. The second-order valence-electron chi connectivity index (χ2n) is 5.20. The molecule has 0 unspecified atom stereocenters. The number of hydrogen-bond acceptors (Lipinski definition) is 6. The minimum absolute atomic E-state index is 0.0244. The zero-order valence-electron chi connectivity index (χ0n) is 11.8. The van der Waals surface area contributed by atoms with Crippen molar-refractivity contribution in [1.29, 1.82) is 0 Å². The molecule has 0 aromatic carbocycles. The highest BCUT2D eigenvalue weighted by Crippen LogP contribution is 2.18. The van der Waals surface area contributed by atoms with Gasteiger partial charge in [0.2, 0.25) is 0 Å². The van der Waals surface area contributed by atoms with Gasteiger partial charge < -0.3 is 19.1 Å². The fourth-order valence-electron chi connectivity index (χ4n) is 2.50. The molecule has 2 saturated heterocycles. The van der Waals surface area contributed by atoms with Crippen LogP contribution in [0.2, 0.25) is 0 Å². The quantitative estimate of drug-likeness (QED) is 0.835. The molecule has 2 aliphatic heterocycles. The van der Waals surface area contributed by atoms with Gasteiger partial charge in [-0.2, -0.15) is 0 Å². The lowest BCUT2D eigenvalue weighted by molar-refractivity contribution is -0.00901. The van der Waals surface area contributed by atoms with Gasteiger partial charge in [-0.25, -0.2) is 14.8 Å². The Balaban J connectivity index is 1.46. The van der Waals surface area contributed by atoms with Gasteiger partial charge in [0.25, 0.3) is 0 Å². The molecule has 0 spiro atoms. The van der Waals surface area contributed by atoms with Crippen molar-refractivity contribution in [3.8, 4) is 6.01 Å². The van der Waals surface area contributed by atoms with Crippen LogP contribution >= 0.6 is 0 Å². The molecule has 1 amide bonds. The average molecular weight is 293 g/mol. The van der Waals surface area contributed by atoms with Crippen LogP contribution in [0.25, 0.3) is 0 Å². The van der Waals surface area contributed by atoms with Gasteiger partial charge in [-0.1, -0.05) is 0 Å². The largest absolute Gasteiger partial charge is 0.458 e. The Labute approximate surface area is 123 Å². The number of ether oxygens (including phenoxy) is 3. The topological polar surface area (TPSA) is 73.8 Å². The normalized spacial score (nSPS) is 23.0. The smallest absolute Gasteiger partial charge is 0.410 e. The highest BCUT2D eigenvalue weighted by molar-refractivity contribution is 5.68. The van der Waals surface area contributed by atoms with Crippen molar-refractivity contribution in [1.82, 2.24) is 14.9 Å². The van der Waals surface area contributed by atoms with Crippen LogP contribution < -0.4 is 4.74 Å². The first-order valence-electron chi connectivity index (χ1n) is 7.28. The molecule has 1 atom stereocenters. The Morgan fingerprint density at radius 3 is 2.71 bits per heavy atom. The third-order valence-corrected chi connectivity index (χ3v) is 3.65. The van der Waals surface area contributed by atoms with Gasteiger partial charge >= 0.3 is 12.1 Å². The van der Waals surface area contributed by atoms with E-state index in [4.69, 9.17) is 14.2 Å². The summed E-state index contributed by atoms with van der Waals surface area (Å²) in [5, 5.41) is 0. The Hall–Kier alpha value is -1.89. The van der Waals surface area contributed by atoms with Crippen molar-refractivity contribution in [2.75, 3.05) is 26.3 Å². The maximum Gasteiger partial charge on any atom is 0.410 e. The van der Waals surface area contributed by atoms with Gasteiger partial charge in [0.05, 0.1) is 19.8 Å². The van der Waals surface area contributed by atoms with Crippen molar-refractivity contribution < 1.29 is 19.0 Å². The van der Waals surface area contributed by atoms with E-state index in [0.29, 0.717) is 32.3 Å². The highest BCUT2D eigenvalue weighted by atomic mass is 16.6. The monoisotopic (exact) mass is 293 g/mol. The summed E-state index contributed by atoms with van der Waals surface area (Å²) >= 11 is 0. The molecule has 3 heterocycles. The molecule has 0 N–H and O–H groups in total. The van der Waals surface area contributed by atoms with Crippen molar-refractivity contribution >= 4 is 6.09 Å². The maximum absolute atomic E-state index is 12.1. The molecular weight excluding hydrogens is 274 g/mol. The Morgan fingerprint density at radius 2 is 1.95 bits per heavy atom. The molecule has 0 bridgehead atoms.